The van der Waals surface area contributed by atoms with E-state index in [1.807, 2.05) is 30.3 Å². The summed E-state index contributed by atoms with van der Waals surface area (Å²) in [6.45, 7) is 0.308. The van der Waals surface area contributed by atoms with E-state index in [0.717, 1.165) is 16.5 Å². The molecule has 5 heteroatoms. The Kier molecular flexibility index (Phi) is 3.75. The van der Waals surface area contributed by atoms with Crippen molar-refractivity contribution in [3.63, 3.8) is 0 Å². The van der Waals surface area contributed by atoms with Gasteiger partial charge in [-0.2, -0.15) is 0 Å². The number of pyridine rings is 1. The Morgan fingerprint density at radius 3 is 2.81 bits per heavy atom. The highest BCUT2D eigenvalue weighted by atomic mass is 79.9. The average molecular weight is 347 g/mol. The van der Waals surface area contributed by atoms with Crippen molar-refractivity contribution in [3.8, 4) is 5.75 Å². The number of benzene rings is 2. The van der Waals surface area contributed by atoms with Crippen molar-refractivity contribution in [2.45, 2.75) is 6.61 Å². The third kappa shape index (κ3) is 2.83. The van der Waals surface area contributed by atoms with Crippen LogP contribution in [0.2, 0.25) is 0 Å². The Morgan fingerprint density at radius 2 is 2.00 bits per heavy atom. The minimum atomic E-state index is -0.404. The molecular formula is C16H12BrFN2O. The van der Waals surface area contributed by atoms with Gasteiger partial charge in [-0.15, -0.1) is 0 Å². The normalized spacial score (nSPS) is 10.8. The predicted molar refractivity (Wildman–Crippen MR) is 84.6 cm³/mol. The van der Waals surface area contributed by atoms with Gasteiger partial charge in [0, 0.05) is 23.2 Å². The molecule has 0 saturated heterocycles. The van der Waals surface area contributed by atoms with E-state index in [-0.39, 0.29) is 5.69 Å². The molecular weight excluding hydrogens is 335 g/mol. The maximum absolute atomic E-state index is 13.2. The summed E-state index contributed by atoms with van der Waals surface area (Å²) in [5.41, 5.74) is 7.88. The number of aromatic nitrogens is 1. The molecule has 0 unspecified atom stereocenters. The molecule has 0 spiro atoms. The number of para-hydroxylation sites is 1. The van der Waals surface area contributed by atoms with Crippen LogP contribution in [0.3, 0.4) is 0 Å². The molecule has 3 nitrogen and oxygen atoms in total. The fourth-order valence-corrected chi connectivity index (χ4v) is 2.73. The number of hydrogen-bond acceptors (Lipinski definition) is 3. The zero-order valence-corrected chi connectivity index (χ0v) is 12.6. The zero-order valence-electron chi connectivity index (χ0n) is 11.0. The highest BCUT2D eigenvalue weighted by Gasteiger charge is 2.10. The van der Waals surface area contributed by atoms with Crippen molar-refractivity contribution >= 4 is 32.5 Å². The summed E-state index contributed by atoms with van der Waals surface area (Å²) >= 11 is 3.26. The van der Waals surface area contributed by atoms with Crippen molar-refractivity contribution in [2.75, 3.05) is 5.73 Å². The quantitative estimate of drug-likeness (QED) is 0.719. The fraction of sp³-hybridized carbons (Fsp3) is 0.0625. The van der Waals surface area contributed by atoms with Gasteiger partial charge in [0.1, 0.15) is 12.4 Å². The van der Waals surface area contributed by atoms with Gasteiger partial charge in [0.15, 0.2) is 5.75 Å². The minimum Gasteiger partial charge on any atom is -0.485 e. The first-order valence-corrected chi connectivity index (χ1v) is 7.14. The molecule has 0 aliphatic heterocycles. The number of nitrogen functional groups attached to an aromatic ring is 1. The van der Waals surface area contributed by atoms with Gasteiger partial charge in [0.2, 0.25) is 0 Å². The number of nitrogens with zero attached hydrogens (tertiary/aromatic N) is 1. The average Bonchev–Trinajstić information content (AvgIpc) is 2.46. The molecule has 0 atom stereocenters. The molecule has 0 aliphatic rings. The molecule has 2 N–H and O–H groups in total. The third-order valence-corrected chi connectivity index (χ3v) is 3.71. The summed E-state index contributed by atoms with van der Waals surface area (Å²) in [7, 11) is 0. The Hall–Kier alpha value is -2.14. The van der Waals surface area contributed by atoms with E-state index in [0.29, 0.717) is 16.8 Å². The number of anilines is 1. The standard InChI is InChI=1S/C16H12BrFN2O/c17-13-7-12(18)8-14(19)16(13)21-9-11-4-1-3-10-5-2-6-20-15(10)11/h1-8H,9,19H2. The van der Waals surface area contributed by atoms with Crippen molar-refractivity contribution < 1.29 is 9.13 Å². The summed E-state index contributed by atoms with van der Waals surface area (Å²) in [6.07, 6.45) is 1.74. The lowest BCUT2D eigenvalue weighted by atomic mass is 10.1. The fourth-order valence-electron chi connectivity index (χ4n) is 2.17. The van der Waals surface area contributed by atoms with Gasteiger partial charge in [-0.3, -0.25) is 4.98 Å². The van der Waals surface area contributed by atoms with Crippen molar-refractivity contribution in [1.29, 1.82) is 0 Å². The highest BCUT2D eigenvalue weighted by Crippen LogP contribution is 2.33. The summed E-state index contributed by atoms with van der Waals surface area (Å²) in [6, 6.07) is 12.3. The van der Waals surface area contributed by atoms with Crippen LogP contribution in [-0.4, -0.2) is 4.98 Å². The predicted octanol–water partition coefficient (Wildman–Crippen LogP) is 4.30. The minimum absolute atomic E-state index is 0.259. The van der Waals surface area contributed by atoms with Gasteiger partial charge in [-0.1, -0.05) is 24.3 Å². The third-order valence-electron chi connectivity index (χ3n) is 3.13. The molecule has 2 aromatic carbocycles. The largest absolute Gasteiger partial charge is 0.485 e. The monoisotopic (exact) mass is 346 g/mol. The number of hydrogen-bond donors (Lipinski definition) is 1. The van der Waals surface area contributed by atoms with E-state index in [1.54, 1.807) is 6.20 Å². The molecule has 0 saturated carbocycles. The molecule has 3 rings (SSSR count). The maximum atomic E-state index is 13.2. The van der Waals surface area contributed by atoms with Crippen LogP contribution in [0.4, 0.5) is 10.1 Å². The van der Waals surface area contributed by atoms with Gasteiger partial charge in [-0.05, 0) is 28.1 Å². The molecule has 0 radical (unpaired) electrons. The molecule has 0 aliphatic carbocycles. The van der Waals surface area contributed by atoms with Gasteiger partial charge in [0.05, 0.1) is 15.7 Å². The van der Waals surface area contributed by atoms with Crippen molar-refractivity contribution in [2.24, 2.45) is 0 Å². The topological polar surface area (TPSA) is 48.1 Å². The van der Waals surface area contributed by atoms with Crippen molar-refractivity contribution in [1.82, 2.24) is 4.98 Å². The number of halogens is 2. The number of fused-ring (bicyclic) bond motifs is 1. The lowest BCUT2D eigenvalue weighted by Crippen LogP contribution is -2.01. The van der Waals surface area contributed by atoms with E-state index in [9.17, 15) is 4.39 Å². The zero-order chi connectivity index (χ0) is 14.8. The molecule has 21 heavy (non-hydrogen) atoms. The Bertz CT molecular complexity index is 779. The van der Waals surface area contributed by atoms with E-state index in [2.05, 4.69) is 20.9 Å². The number of nitrogens with two attached hydrogens (primary N) is 1. The second-order valence-electron chi connectivity index (χ2n) is 4.59. The lowest BCUT2D eigenvalue weighted by Gasteiger charge is -2.12. The van der Waals surface area contributed by atoms with E-state index >= 15 is 0 Å². The van der Waals surface area contributed by atoms with Crippen LogP contribution in [-0.2, 0) is 6.61 Å². The second-order valence-corrected chi connectivity index (χ2v) is 5.44. The number of rotatable bonds is 3. The molecule has 1 aromatic heterocycles. The van der Waals surface area contributed by atoms with Crippen LogP contribution in [0.15, 0.2) is 53.1 Å². The van der Waals surface area contributed by atoms with Crippen molar-refractivity contribution in [3.05, 3.63) is 64.5 Å². The van der Waals surface area contributed by atoms with Gasteiger partial charge < -0.3 is 10.5 Å². The van der Waals surface area contributed by atoms with Gasteiger partial charge in [0.25, 0.3) is 0 Å². The summed E-state index contributed by atoms with van der Waals surface area (Å²) in [5, 5.41) is 1.05. The number of ether oxygens (including phenoxy) is 1. The molecule has 1 heterocycles. The van der Waals surface area contributed by atoms with Gasteiger partial charge in [-0.25, -0.2) is 4.39 Å². The Labute approximate surface area is 129 Å². The maximum Gasteiger partial charge on any atom is 0.157 e. The first kappa shape index (κ1) is 13.8. The molecule has 3 aromatic rings. The molecule has 0 fully saturated rings. The first-order valence-electron chi connectivity index (χ1n) is 6.35. The second kappa shape index (κ2) is 5.69. The summed E-state index contributed by atoms with van der Waals surface area (Å²) < 4.78 is 19.4. The summed E-state index contributed by atoms with van der Waals surface area (Å²) in [4.78, 5) is 4.37. The molecule has 106 valence electrons. The van der Waals surface area contributed by atoms with Crippen LogP contribution in [0, 0.1) is 5.82 Å². The van der Waals surface area contributed by atoms with Gasteiger partial charge >= 0.3 is 0 Å². The van der Waals surface area contributed by atoms with Crippen LogP contribution >= 0.6 is 15.9 Å². The Morgan fingerprint density at radius 1 is 1.19 bits per heavy atom. The Balaban J connectivity index is 1.91. The van der Waals surface area contributed by atoms with Crippen LogP contribution in [0.5, 0.6) is 5.75 Å². The summed E-state index contributed by atoms with van der Waals surface area (Å²) in [5.74, 6) is 0.0305. The smallest absolute Gasteiger partial charge is 0.157 e. The molecule has 0 amide bonds. The van der Waals surface area contributed by atoms with Crippen LogP contribution < -0.4 is 10.5 Å². The SMILES string of the molecule is Nc1cc(F)cc(Br)c1OCc1cccc2cccnc12. The van der Waals surface area contributed by atoms with Crippen LogP contribution in [0.25, 0.3) is 10.9 Å². The first-order chi connectivity index (χ1) is 10.1. The van der Waals surface area contributed by atoms with Crippen LogP contribution in [0.1, 0.15) is 5.56 Å². The van der Waals surface area contributed by atoms with E-state index < -0.39 is 5.82 Å². The van der Waals surface area contributed by atoms with E-state index in [4.69, 9.17) is 10.5 Å². The lowest BCUT2D eigenvalue weighted by molar-refractivity contribution is 0.307. The highest BCUT2D eigenvalue weighted by molar-refractivity contribution is 9.10. The van der Waals surface area contributed by atoms with E-state index in [1.165, 1.54) is 12.1 Å². The molecule has 0 bridgehead atoms.